The zero-order valence-corrected chi connectivity index (χ0v) is 15.2. The number of carbonyl (C=O) groups is 1. The first-order valence-corrected chi connectivity index (χ1v) is 8.37. The first-order valence-electron chi connectivity index (χ1n) is 7.58. The third-order valence-electron chi connectivity index (χ3n) is 3.41. The summed E-state index contributed by atoms with van der Waals surface area (Å²) in [5, 5.41) is 4.60. The van der Waals surface area contributed by atoms with Crippen LogP contribution in [-0.2, 0) is 29.0 Å². The molecule has 0 radical (unpaired) electrons. The van der Waals surface area contributed by atoms with Crippen molar-refractivity contribution in [2.45, 2.75) is 60.2 Å². The summed E-state index contributed by atoms with van der Waals surface area (Å²) < 4.78 is 8.12. The van der Waals surface area contributed by atoms with Crippen LogP contribution in [0, 0.1) is 0 Å². The fraction of sp³-hybridized carbons (Fsp3) is 0.733. The Morgan fingerprint density at radius 2 is 2.05 bits per heavy atom. The van der Waals surface area contributed by atoms with E-state index in [-0.39, 0.29) is 12.0 Å². The highest BCUT2D eigenvalue weighted by Gasteiger charge is 2.21. The van der Waals surface area contributed by atoms with Gasteiger partial charge in [-0.15, -0.1) is 0 Å². The molecule has 0 amide bonds. The number of nitrogens with zero attached hydrogens (tertiary/aromatic N) is 3. The molecule has 21 heavy (non-hydrogen) atoms. The van der Waals surface area contributed by atoms with E-state index >= 15 is 0 Å². The summed E-state index contributed by atoms with van der Waals surface area (Å²) in [6.45, 7) is 12.4. The molecule has 0 aliphatic rings. The summed E-state index contributed by atoms with van der Waals surface area (Å²) in [6.07, 6.45) is 0.889. The van der Waals surface area contributed by atoms with E-state index in [4.69, 9.17) is 4.74 Å². The van der Waals surface area contributed by atoms with Crippen LogP contribution in [0.1, 0.15) is 46.0 Å². The van der Waals surface area contributed by atoms with Crippen molar-refractivity contribution in [2.24, 2.45) is 0 Å². The Morgan fingerprint density at radius 1 is 1.38 bits per heavy atom. The Balaban J connectivity index is 2.93. The number of esters is 1. The van der Waals surface area contributed by atoms with E-state index in [0.717, 1.165) is 28.8 Å². The highest BCUT2D eigenvalue weighted by Crippen LogP contribution is 2.24. The zero-order valence-electron chi connectivity index (χ0n) is 13.6. The predicted octanol–water partition coefficient (Wildman–Crippen LogP) is 3.00. The second-order valence-corrected chi connectivity index (χ2v) is 5.97. The minimum Gasteiger partial charge on any atom is -0.465 e. The van der Waals surface area contributed by atoms with Crippen LogP contribution in [0.5, 0.6) is 0 Å². The summed E-state index contributed by atoms with van der Waals surface area (Å²) in [4.78, 5) is 13.9. The number of ether oxygens (including phenoxy) is 1. The minimum absolute atomic E-state index is 0.180. The normalized spacial score (nSPS) is 11.4. The zero-order chi connectivity index (χ0) is 16.0. The number of halogens is 1. The van der Waals surface area contributed by atoms with E-state index in [9.17, 15) is 4.79 Å². The molecule has 0 aliphatic heterocycles. The third kappa shape index (κ3) is 4.81. The van der Waals surface area contributed by atoms with Gasteiger partial charge < -0.3 is 4.74 Å². The smallest absolute Gasteiger partial charge is 0.320 e. The topological polar surface area (TPSA) is 47.4 Å². The Morgan fingerprint density at radius 3 is 2.52 bits per heavy atom. The Kier molecular flexibility index (Phi) is 7.39. The maximum Gasteiger partial charge on any atom is 0.320 e. The summed E-state index contributed by atoms with van der Waals surface area (Å²) in [5.41, 5.74) is 2.18. The second kappa shape index (κ2) is 8.54. The number of hydrogen-bond acceptors (Lipinski definition) is 4. The van der Waals surface area contributed by atoms with Gasteiger partial charge in [0.15, 0.2) is 0 Å². The van der Waals surface area contributed by atoms with Crippen molar-refractivity contribution in [3.05, 3.63) is 15.9 Å². The predicted molar refractivity (Wildman–Crippen MR) is 87.2 cm³/mol. The van der Waals surface area contributed by atoms with E-state index < -0.39 is 0 Å². The molecule has 1 rings (SSSR count). The second-order valence-electron chi connectivity index (χ2n) is 5.18. The van der Waals surface area contributed by atoms with Gasteiger partial charge >= 0.3 is 5.97 Å². The van der Waals surface area contributed by atoms with E-state index in [1.165, 1.54) is 0 Å². The van der Waals surface area contributed by atoms with E-state index in [0.29, 0.717) is 19.7 Å². The number of carbonyl (C=O) groups excluding carboxylic acids is 1. The van der Waals surface area contributed by atoms with Gasteiger partial charge in [0, 0.05) is 19.1 Å². The van der Waals surface area contributed by atoms with Gasteiger partial charge in [0.1, 0.15) is 0 Å². The van der Waals surface area contributed by atoms with Crippen molar-refractivity contribution >= 4 is 21.9 Å². The van der Waals surface area contributed by atoms with Gasteiger partial charge in [0.2, 0.25) is 0 Å². The molecule has 0 atom stereocenters. The molecular weight excluding hydrogens is 334 g/mol. The van der Waals surface area contributed by atoms with Crippen LogP contribution >= 0.6 is 15.9 Å². The van der Waals surface area contributed by atoms with Crippen molar-refractivity contribution in [3.63, 3.8) is 0 Å². The lowest BCUT2D eigenvalue weighted by Gasteiger charge is -2.25. The molecule has 5 nitrogen and oxygen atoms in total. The molecule has 1 heterocycles. The van der Waals surface area contributed by atoms with Crippen LogP contribution < -0.4 is 0 Å². The van der Waals surface area contributed by atoms with Crippen molar-refractivity contribution in [3.8, 4) is 0 Å². The molecule has 0 N–H and O–H groups in total. The lowest BCUT2D eigenvalue weighted by atomic mass is 10.2. The summed E-state index contributed by atoms with van der Waals surface area (Å²) in [6, 6.07) is 0.256. The van der Waals surface area contributed by atoms with Gasteiger partial charge in [-0.25, -0.2) is 0 Å². The lowest BCUT2D eigenvalue weighted by molar-refractivity contribution is -0.145. The van der Waals surface area contributed by atoms with Gasteiger partial charge in [0.05, 0.1) is 29.0 Å². The van der Waals surface area contributed by atoms with Crippen LogP contribution in [0.2, 0.25) is 0 Å². The fourth-order valence-electron chi connectivity index (χ4n) is 2.15. The summed E-state index contributed by atoms with van der Waals surface area (Å²) in [5.74, 6) is -0.180. The Bertz CT molecular complexity index is 472. The van der Waals surface area contributed by atoms with Crippen LogP contribution in [0.4, 0.5) is 0 Å². The molecule has 0 saturated heterocycles. The van der Waals surface area contributed by atoms with Crippen molar-refractivity contribution in [1.29, 1.82) is 0 Å². The molecule has 1 aromatic rings. The molecule has 0 spiro atoms. The molecule has 6 heteroatoms. The first kappa shape index (κ1) is 18.2. The Labute approximate surface area is 135 Å². The third-order valence-corrected chi connectivity index (χ3v) is 4.33. The monoisotopic (exact) mass is 359 g/mol. The molecule has 0 saturated carbocycles. The molecule has 0 aliphatic carbocycles. The summed E-state index contributed by atoms with van der Waals surface area (Å²) >= 11 is 3.65. The fourth-order valence-corrected chi connectivity index (χ4v) is 2.84. The quantitative estimate of drug-likeness (QED) is 0.669. The Hall–Kier alpha value is -0.880. The molecule has 0 unspecified atom stereocenters. The average molecular weight is 360 g/mol. The highest BCUT2D eigenvalue weighted by atomic mass is 79.9. The van der Waals surface area contributed by atoms with E-state index in [1.807, 2.05) is 11.6 Å². The molecule has 1 aromatic heterocycles. The van der Waals surface area contributed by atoms with E-state index in [1.54, 1.807) is 0 Å². The van der Waals surface area contributed by atoms with Gasteiger partial charge in [-0.05, 0) is 50.0 Å². The minimum atomic E-state index is -0.180. The van der Waals surface area contributed by atoms with Crippen molar-refractivity contribution < 1.29 is 9.53 Å². The SMILES string of the molecule is CCOC(=O)CN(Cc1c(Br)c(CC)nn1CC)C(C)C. The van der Waals surface area contributed by atoms with Gasteiger partial charge in [0.25, 0.3) is 0 Å². The van der Waals surface area contributed by atoms with Crippen LogP contribution in [0.3, 0.4) is 0 Å². The number of aromatic nitrogens is 2. The molecule has 0 bridgehead atoms. The molecular formula is C15H26BrN3O2. The van der Waals surface area contributed by atoms with Crippen molar-refractivity contribution in [2.75, 3.05) is 13.2 Å². The average Bonchev–Trinajstić information content (AvgIpc) is 2.74. The van der Waals surface area contributed by atoms with Gasteiger partial charge in [-0.1, -0.05) is 6.92 Å². The standard InChI is InChI=1S/C15H26BrN3O2/c1-6-12-15(16)13(19(7-2)17-12)9-18(11(4)5)10-14(20)21-8-3/h11H,6-10H2,1-5H3. The van der Waals surface area contributed by atoms with E-state index in [2.05, 4.69) is 53.6 Å². The first-order chi connectivity index (χ1) is 9.94. The van der Waals surface area contributed by atoms with Crippen LogP contribution in [0.25, 0.3) is 0 Å². The van der Waals surface area contributed by atoms with Crippen LogP contribution in [-0.4, -0.2) is 39.8 Å². The lowest BCUT2D eigenvalue weighted by Crippen LogP contribution is -2.36. The van der Waals surface area contributed by atoms with Crippen LogP contribution in [0.15, 0.2) is 4.47 Å². The summed E-state index contributed by atoms with van der Waals surface area (Å²) in [7, 11) is 0. The number of aryl methyl sites for hydroxylation is 2. The molecule has 120 valence electrons. The van der Waals surface area contributed by atoms with Gasteiger partial charge in [-0.2, -0.15) is 5.10 Å². The maximum atomic E-state index is 11.8. The number of rotatable bonds is 8. The van der Waals surface area contributed by atoms with Crippen molar-refractivity contribution in [1.82, 2.24) is 14.7 Å². The largest absolute Gasteiger partial charge is 0.465 e. The van der Waals surface area contributed by atoms with Gasteiger partial charge in [-0.3, -0.25) is 14.4 Å². The highest BCUT2D eigenvalue weighted by molar-refractivity contribution is 9.10. The number of hydrogen-bond donors (Lipinski definition) is 0. The maximum absolute atomic E-state index is 11.8. The molecule has 0 fully saturated rings. The molecule has 0 aromatic carbocycles.